The molecule has 21 heavy (non-hydrogen) atoms. The Balaban J connectivity index is 2.03. The van der Waals surface area contributed by atoms with E-state index in [1.54, 1.807) is 24.3 Å². The van der Waals surface area contributed by atoms with Gasteiger partial charge in [-0.25, -0.2) is 4.79 Å². The summed E-state index contributed by atoms with van der Waals surface area (Å²) in [7, 11) is 0. The Morgan fingerprint density at radius 1 is 1.05 bits per heavy atom. The zero-order chi connectivity index (χ0) is 15.2. The SMILES string of the molecule is CC(C)c1ccc(NC(=O)Nc2ccccc2C#N)cc1. The third-order valence-electron chi connectivity index (χ3n) is 3.13. The van der Waals surface area contributed by atoms with E-state index in [1.165, 1.54) is 5.56 Å². The maximum absolute atomic E-state index is 11.9. The van der Waals surface area contributed by atoms with E-state index in [0.29, 0.717) is 22.9 Å². The van der Waals surface area contributed by atoms with Gasteiger partial charge in [-0.05, 0) is 35.7 Å². The lowest BCUT2D eigenvalue weighted by molar-refractivity contribution is 0.262. The topological polar surface area (TPSA) is 64.9 Å². The van der Waals surface area contributed by atoms with Crippen LogP contribution in [0.2, 0.25) is 0 Å². The van der Waals surface area contributed by atoms with Crippen LogP contribution in [-0.4, -0.2) is 6.03 Å². The molecule has 106 valence electrons. The number of nitrogens with one attached hydrogen (secondary N) is 2. The van der Waals surface area contributed by atoms with Gasteiger partial charge in [0, 0.05) is 5.69 Å². The smallest absolute Gasteiger partial charge is 0.308 e. The number of para-hydroxylation sites is 1. The third kappa shape index (κ3) is 3.83. The van der Waals surface area contributed by atoms with E-state index in [4.69, 9.17) is 5.26 Å². The van der Waals surface area contributed by atoms with Crippen LogP contribution in [0.1, 0.15) is 30.9 Å². The molecular formula is C17H17N3O. The molecule has 2 aromatic rings. The number of urea groups is 1. The molecule has 0 aliphatic carbocycles. The highest BCUT2D eigenvalue weighted by atomic mass is 16.2. The van der Waals surface area contributed by atoms with E-state index in [2.05, 4.69) is 24.5 Å². The summed E-state index contributed by atoms with van der Waals surface area (Å²) in [6.45, 7) is 4.24. The van der Waals surface area contributed by atoms with Crippen molar-refractivity contribution >= 4 is 17.4 Å². The molecule has 2 rings (SSSR count). The van der Waals surface area contributed by atoms with Crippen molar-refractivity contribution in [3.05, 3.63) is 59.7 Å². The number of carbonyl (C=O) groups is 1. The maximum atomic E-state index is 11.9. The quantitative estimate of drug-likeness (QED) is 0.878. The van der Waals surface area contributed by atoms with Crippen molar-refractivity contribution in [2.24, 2.45) is 0 Å². The first kappa shape index (κ1) is 14.6. The zero-order valence-corrected chi connectivity index (χ0v) is 12.1. The Labute approximate surface area is 124 Å². The summed E-state index contributed by atoms with van der Waals surface area (Å²) in [5.74, 6) is 0.454. The summed E-state index contributed by atoms with van der Waals surface area (Å²) in [4.78, 5) is 11.9. The van der Waals surface area contributed by atoms with Gasteiger partial charge in [0.15, 0.2) is 0 Å². The Kier molecular flexibility index (Phi) is 4.57. The van der Waals surface area contributed by atoms with Crippen LogP contribution in [0.4, 0.5) is 16.2 Å². The largest absolute Gasteiger partial charge is 0.323 e. The van der Waals surface area contributed by atoms with Gasteiger partial charge in [0.2, 0.25) is 0 Å². The van der Waals surface area contributed by atoms with Crippen molar-refractivity contribution in [1.29, 1.82) is 5.26 Å². The Bertz CT molecular complexity index is 669. The number of hydrogen-bond acceptors (Lipinski definition) is 2. The fourth-order valence-electron chi connectivity index (χ4n) is 1.93. The van der Waals surface area contributed by atoms with Gasteiger partial charge in [-0.15, -0.1) is 0 Å². The van der Waals surface area contributed by atoms with E-state index in [0.717, 1.165) is 0 Å². The molecule has 0 aromatic heterocycles. The minimum atomic E-state index is -0.366. The maximum Gasteiger partial charge on any atom is 0.323 e. The van der Waals surface area contributed by atoms with E-state index >= 15 is 0 Å². The molecule has 0 radical (unpaired) electrons. The molecule has 0 bridgehead atoms. The first-order valence-electron chi connectivity index (χ1n) is 6.77. The third-order valence-corrected chi connectivity index (χ3v) is 3.13. The highest BCUT2D eigenvalue weighted by Gasteiger charge is 2.06. The number of rotatable bonds is 3. The van der Waals surface area contributed by atoms with Crippen LogP contribution < -0.4 is 10.6 Å². The first-order chi connectivity index (χ1) is 10.1. The number of carbonyl (C=O) groups excluding carboxylic acids is 1. The molecule has 0 saturated carbocycles. The van der Waals surface area contributed by atoms with Crippen LogP contribution in [0, 0.1) is 11.3 Å². The van der Waals surface area contributed by atoms with E-state index in [1.807, 2.05) is 30.3 Å². The van der Waals surface area contributed by atoms with Crippen molar-refractivity contribution in [3.63, 3.8) is 0 Å². The van der Waals surface area contributed by atoms with Crippen molar-refractivity contribution in [2.75, 3.05) is 10.6 Å². The number of benzene rings is 2. The van der Waals surface area contributed by atoms with Gasteiger partial charge in [-0.1, -0.05) is 38.1 Å². The minimum Gasteiger partial charge on any atom is -0.308 e. The van der Waals surface area contributed by atoms with E-state index in [9.17, 15) is 4.79 Å². The van der Waals surface area contributed by atoms with Gasteiger partial charge >= 0.3 is 6.03 Å². The van der Waals surface area contributed by atoms with Crippen LogP contribution >= 0.6 is 0 Å². The second kappa shape index (κ2) is 6.58. The molecule has 0 unspecified atom stereocenters. The fourth-order valence-corrected chi connectivity index (χ4v) is 1.93. The molecule has 0 aliphatic rings. The second-order valence-corrected chi connectivity index (χ2v) is 5.01. The Hall–Kier alpha value is -2.80. The molecule has 0 heterocycles. The molecule has 0 aliphatic heterocycles. The lowest BCUT2D eigenvalue weighted by Crippen LogP contribution is -2.20. The number of hydrogen-bond donors (Lipinski definition) is 2. The molecule has 0 spiro atoms. The molecule has 2 N–H and O–H groups in total. The monoisotopic (exact) mass is 279 g/mol. The van der Waals surface area contributed by atoms with Crippen LogP contribution in [0.15, 0.2) is 48.5 Å². The summed E-state index contributed by atoms with van der Waals surface area (Å²) in [5.41, 5.74) is 2.86. The number of amides is 2. The first-order valence-corrected chi connectivity index (χ1v) is 6.77. The van der Waals surface area contributed by atoms with Crippen molar-refractivity contribution in [1.82, 2.24) is 0 Å². The zero-order valence-electron chi connectivity index (χ0n) is 12.1. The normalized spacial score (nSPS) is 10.0. The van der Waals surface area contributed by atoms with Crippen LogP contribution in [-0.2, 0) is 0 Å². The molecule has 0 atom stereocenters. The van der Waals surface area contributed by atoms with Crippen LogP contribution in [0.25, 0.3) is 0 Å². The molecule has 2 aromatic carbocycles. The lowest BCUT2D eigenvalue weighted by atomic mass is 10.0. The van der Waals surface area contributed by atoms with Crippen molar-refractivity contribution < 1.29 is 4.79 Å². The van der Waals surface area contributed by atoms with Gasteiger partial charge in [-0.2, -0.15) is 5.26 Å². The summed E-state index contributed by atoms with van der Waals surface area (Å²) in [6, 6.07) is 16.3. The average Bonchev–Trinajstić information content (AvgIpc) is 2.48. The van der Waals surface area contributed by atoms with Crippen LogP contribution in [0.3, 0.4) is 0 Å². The summed E-state index contributed by atoms with van der Waals surface area (Å²) in [5, 5.41) is 14.4. The minimum absolute atomic E-state index is 0.366. The Morgan fingerprint density at radius 3 is 2.33 bits per heavy atom. The molecule has 0 saturated heterocycles. The molecule has 2 amide bonds. The van der Waals surface area contributed by atoms with Crippen molar-refractivity contribution in [3.8, 4) is 6.07 Å². The highest BCUT2D eigenvalue weighted by molar-refractivity contribution is 6.00. The predicted octanol–water partition coefficient (Wildman–Crippen LogP) is 4.33. The summed E-state index contributed by atoms with van der Waals surface area (Å²) < 4.78 is 0. The number of nitrogens with zero attached hydrogens (tertiary/aromatic N) is 1. The standard InChI is InChI=1S/C17H17N3O/c1-12(2)13-7-9-15(10-8-13)19-17(21)20-16-6-4-3-5-14(16)11-18/h3-10,12H,1-2H3,(H2,19,20,21). The van der Waals surface area contributed by atoms with Crippen molar-refractivity contribution in [2.45, 2.75) is 19.8 Å². The molecular weight excluding hydrogens is 262 g/mol. The average molecular weight is 279 g/mol. The molecule has 4 heteroatoms. The molecule has 4 nitrogen and oxygen atoms in total. The highest BCUT2D eigenvalue weighted by Crippen LogP contribution is 2.18. The van der Waals surface area contributed by atoms with Gasteiger partial charge in [0.1, 0.15) is 6.07 Å². The molecule has 0 fully saturated rings. The number of nitriles is 1. The summed E-state index contributed by atoms with van der Waals surface area (Å²) in [6.07, 6.45) is 0. The lowest BCUT2D eigenvalue weighted by Gasteiger charge is -2.10. The van der Waals surface area contributed by atoms with Gasteiger partial charge in [0.05, 0.1) is 11.3 Å². The van der Waals surface area contributed by atoms with Crippen LogP contribution in [0.5, 0.6) is 0 Å². The van der Waals surface area contributed by atoms with E-state index in [-0.39, 0.29) is 6.03 Å². The predicted molar refractivity (Wildman–Crippen MR) is 84.3 cm³/mol. The Morgan fingerprint density at radius 2 is 1.71 bits per heavy atom. The van der Waals surface area contributed by atoms with Gasteiger partial charge in [-0.3, -0.25) is 0 Å². The van der Waals surface area contributed by atoms with Gasteiger partial charge in [0.25, 0.3) is 0 Å². The van der Waals surface area contributed by atoms with Gasteiger partial charge < -0.3 is 10.6 Å². The van der Waals surface area contributed by atoms with E-state index < -0.39 is 0 Å². The number of anilines is 2. The summed E-state index contributed by atoms with van der Waals surface area (Å²) >= 11 is 0. The fraction of sp³-hybridized carbons (Fsp3) is 0.176. The second-order valence-electron chi connectivity index (χ2n) is 5.01.